The second-order valence-corrected chi connectivity index (χ2v) is 9.56. The first kappa shape index (κ1) is 23.1. The van der Waals surface area contributed by atoms with Crippen molar-refractivity contribution in [2.45, 2.75) is 45.9 Å². The summed E-state index contributed by atoms with van der Waals surface area (Å²) in [5.74, 6) is -1.73. The lowest BCUT2D eigenvalue weighted by molar-refractivity contribution is 0.0762. The second kappa shape index (κ2) is 8.23. The average Bonchev–Trinajstić information content (AvgIpc) is 3.33. The smallest absolute Gasteiger partial charge is 0.256 e. The van der Waals surface area contributed by atoms with Gasteiger partial charge in [-0.15, -0.1) is 0 Å². The minimum Gasteiger partial charge on any atom is -0.386 e. The van der Waals surface area contributed by atoms with Crippen molar-refractivity contribution in [1.29, 1.82) is 0 Å². The molecule has 6 nitrogen and oxygen atoms in total. The van der Waals surface area contributed by atoms with E-state index in [2.05, 4.69) is 10.1 Å². The minimum atomic E-state index is -1.13. The number of pyridine rings is 1. The molecule has 0 unspecified atom stereocenters. The van der Waals surface area contributed by atoms with Crippen molar-refractivity contribution < 1.29 is 18.7 Å². The summed E-state index contributed by atoms with van der Waals surface area (Å²) in [7, 11) is 1.76. The van der Waals surface area contributed by atoms with Gasteiger partial charge < -0.3 is 10.0 Å². The largest absolute Gasteiger partial charge is 0.386 e. The summed E-state index contributed by atoms with van der Waals surface area (Å²) in [4.78, 5) is 18.6. The molecule has 0 saturated heterocycles. The molecule has 1 N–H and O–H groups in total. The van der Waals surface area contributed by atoms with Crippen LogP contribution in [0.4, 0.5) is 8.78 Å². The number of halogens is 2. The molecule has 35 heavy (non-hydrogen) atoms. The van der Waals surface area contributed by atoms with Gasteiger partial charge in [-0.1, -0.05) is 19.1 Å². The van der Waals surface area contributed by atoms with Crippen molar-refractivity contribution in [1.82, 2.24) is 19.7 Å². The van der Waals surface area contributed by atoms with E-state index in [9.17, 15) is 9.90 Å². The monoisotopic (exact) mass is 476 g/mol. The number of aryl methyl sites for hydroxylation is 2. The van der Waals surface area contributed by atoms with Gasteiger partial charge in [0.1, 0.15) is 11.6 Å². The van der Waals surface area contributed by atoms with E-state index in [4.69, 9.17) is 0 Å². The topological polar surface area (TPSA) is 71.2 Å². The van der Waals surface area contributed by atoms with Gasteiger partial charge in [-0.25, -0.2) is 8.78 Å². The van der Waals surface area contributed by atoms with Gasteiger partial charge in [0.2, 0.25) is 0 Å². The first-order valence-electron chi connectivity index (χ1n) is 11.5. The van der Waals surface area contributed by atoms with Crippen LogP contribution in [0.25, 0.3) is 22.0 Å². The summed E-state index contributed by atoms with van der Waals surface area (Å²) in [6.45, 7) is 5.34. The Kier molecular flexibility index (Phi) is 5.44. The van der Waals surface area contributed by atoms with Crippen molar-refractivity contribution in [3.63, 3.8) is 0 Å². The third-order valence-electron chi connectivity index (χ3n) is 6.54. The van der Waals surface area contributed by atoms with E-state index < -0.39 is 17.2 Å². The lowest BCUT2D eigenvalue weighted by Crippen LogP contribution is -2.24. The zero-order valence-corrected chi connectivity index (χ0v) is 20.1. The Morgan fingerprint density at radius 2 is 1.83 bits per heavy atom. The van der Waals surface area contributed by atoms with Crippen molar-refractivity contribution in [3.8, 4) is 11.1 Å². The van der Waals surface area contributed by atoms with Crippen LogP contribution in [0.15, 0.2) is 42.7 Å². The van der Waals surface area contributed by atoms with Crippen LogP contribution in [-0.4, -0.2) is 30.7 Å². The molecule has 1 amide bonds. The molecule has 4 aromatic rings. The molecule has 1 aliphatic heterocycles. The van der Waals surface area contributed by atoms with E-state index in [1.54, 1.807) is 56.2 Å². The number of fused-ring (bicyclic) bond motifs is 2. The highest BCUT2D eigenvalue weighted by Crippen LogP contribution is 2.36. The Morgan fingerprint density at radius 1 is 1.11 bits per heavy atom. The minimum absolute atomic E-state index is 0.166. The summed E-state index contributed by atoms with van der Waals surface area (Å²) in [6, 6.07) is 7.84. The molecule has 0 radical (unpaired) electrons. The summed E-state index contributed by atoms with van der Waals surface area (Å²) >= 11 is 0. The van der Waals surface area contributed by atoms with Gasteiger partial charge in [0.15, 0.2) is 0 Å². The lowest BCUT2D eigenvalue weighted by Gasteiger charge is -2.19. The molecule has 1 aliphatic rings. The number of hydrogen-bond acceptors (Lipinski definition) is 4. The Balaban J connectivity index is 1.50. The molecule has 3 heterocycles. The normalized spacial score (nSPS) is 13.7. The standard InChI is InChI=1S/C27H26F2N4O2/c1-5-15-8-18-24(30-11-15)14-33(26(18)34)13-20-22(28)9-16(10-23(20)29)17-6-7-21(27(2,3)35)25-19(17)12-32(4)31-25/h6-12,35H,5,13-14H2,1-4H3. The van der Waals surface area contributed by atoms with Crippen LogP contribution in [0.2, 0.25) is 0 Å². The Morgan fingerprint density at radius 3 is 2.49 bits per heavy atom. The maximum atomic E-state index is 15.2. The van der Waals surface area contributed by atoms with E-state index in [-0.39, 0.29) is 24.6 Å². The van der Waals surface area contributed by atoms with Crippen LogP contribution in [0.1, 0.15) is 53.5 Å². The molecule has 0 bridgehead atoms. The summed E-state index contributed by atoms with van der Waals surface area (Å²) in [5, 5.41) is 15.7. The molecule has 0 fully saturated rings. The van der Waals surface area contributed by atoms with Gasteiger partial charge in [-0.2, -0.15) is 5.10 Å². The van der Waals surface area contributed by atoms with Crippen LogP contribution < -0.4 is 0 Å². The number of carbonyl (C=O) groups is 1. The number of benzene rings is 2. The molecular weight excluding hydrogens is 450 g/mol. The maximum Gasteiger partial charge on any atom is 0.256 e. The fourth-order valence-electron chi connectivity index (χ4n) is 4.66. The lowest BCUT2D eigenvalue weighted by atomic mass is 9.91. The van der Waals surface area contributed by atoms with Gasteiger partial charge >= 0.3 is 0 Å². The SMILES string of the molecule is CCc1cnc2c(c1)C(=O)N(Cc1c(F)cc(-c3ccc(C(C)(C)O)c4nn(C)cc34)cc1F)C2. The van der Waals surface area contributed by atoms with Crippen LogP contribution >= 0.6 is 0 Å². The van der Waals surface area contributed by atoms with Gasteiger partial charge in [-0.3, -0.25) is 14.5 Å². The third kappa shape index (κ3) is 3.97. The first-order valence-corrected chi connectivity index (χ1v) is 11.5. The van der Waals surface area contributed by atoms with E-state index in [0.717, 1.165) is 12.0 Å². The Hall–Kier alpha value is -3.65. The first-order chi connectivity index (χ1) is 16.6. The Labute approximate surface area is 201 Å². The van der Waals surface area contributed by atoms with E-state index in [1.807, 2.05) is 6.92 Å². The number of aromatic nitrogens is 3. The van der Waals surface area contributed by atoms with Crippen molar-refractivity contribution in [3.05, 3.63) is 82.3 Å². The quantitative estimate of drug-likeness (QED) is 0.447. The highest BCUT2D eigenvalue weighted by molar-refractivity contribution is 5.98. The zero-order chi connectivity index (χ0) is 25.1. The summed E-state index contributed by atoms with van der Waals surface area (Å²) in [5.41, 5.74) is 2.92. The molecule has 0 aliphatic carbocycles. The number of amides is 1. The highest BCUT2D eigenvalue weighted by atomic mass is 19.1. The summed E-state index contributed by atoms with van der Waals surface area (Å²) in [6.07, 6.45) is 4.24. The molecule has 8 heteroatoms. The predicted molar refractivity (Wildman–Crippen MR) is 129 cm³/mol. The van der Waals surface area contributed by atoms with Crippen LogP contribution in [0.5, 0.6) is 0 Å². The fraction of sp³-hybridized carbons (Fsp3) is 0.296. The predicted octanol–water partition coefficient (Wildman–Crippen LogP) is 4.86. The number of carbonyl (C=O) groups excluding carboxylic acids is 1. The number of hydrogen-bond donors (Lipinski definition) is 1. The highest BCUT2D eigenvalue weighted by Gasteiger charge is 2.30. The molecule has 0 atom stereocenters. The second-order valence-electron chi connectivity index (χ2n) is 9.56. The van der Waals surface area contributed by atoms with Crippen LogP contribution in [-0.2, 0) is 32.2 Å². The molecule has 2 aromatic carbocycles. The van der Waals surface area contributed by atoms with Crippen LogP contribution in [0, 0.1) is 11.6 Å². The maximum absolute atomic E-state index is 15.2. The van der Waals surface area contributed by atoms with Gasteiger partial charge in [0, 0.05) is 36.0 Å². The molecule has 2 aromatic heterocycles. The van der Waals surface area contributed by atoms with E-state index >= 15 is 8.78 Å². The molecular formula is C27H26F2N4O2. The zero-order valence-electron chi connectivity index (χ0n) is 20.1. The summed E-state index contributed by atoms with van der Waals surface area (Å²) < 4.78 is 32.1. The van der Waals surface area contributed by atoms with Gasteiger partial charge in [0.05, 0.1) is 35.5 Å². The van der Waals surface area contributed by atoms with Gasteiger partial charge in [0.25, 0.3) is 5.91 Å². The van der Waals surface area contributed by atoms with E-state index in [0.29, 0.717) is 38.9 Å². The van der Waals surface area contributed by atoms with Crippen LogP contribution in [0.3, 0.4) is 0 Å². The number of aliphatic hydroxyl groups is 1. The molecule has 180 valence electrons. The van der Waals surface area contributed by atoms with E-state index in [1.165, 1.54) is 17.0 Å². The molecule has 0 spiro atoms. The number of rotatable bonds is 5. The van der Waals surface area contributed by atoms with Crippen molar-refractivity contribution in [2.24, 2.45) is 7.05 Å². The molecule has 5 rings (SSSR count). The van der Waals surface area contributed by atoms with Crippen molar-refractivity contribution >= 4 is 16.8 Å². The average molecular weight is 477 g/mol. The van der Waals surface area contributed by atoms with Gasteiger partial charge in [-0.05, 0) is 55.2 Å². The van der Waals surface area contributed by atoms with Crippen molar-refractivity contribution in [2.75, 3.05) is 0 Å². The third-order valence-corrected chi connectivity index (χ3v) is 6.54. The molecule has 0 saturated carbocycles. The fourth-order valence-corrected chi connectivity index (χ4v) is 4.66. The Bertz CT molecular complexity index is 1460. The number of nitrogens with zero attached hydrogens (tertiary/aromatic N) is 4.